The van der Waals surface area contributed by atoms with Crippen LogP contribution in [0.25, 0.3) is 11.0 Å². The Bertz CT molecular complexity index is 684. The summed E-state index contributed by atoms with van der Waals surface area (Å²) in [7, 11) is -3.58. The topological polar surface area (TPSA) is 73.6 Å². The van der Waals surface area contributed by atoms with Crippen LogP contribution in [0.15, 0.2) is 39.5 Å². The molecule has 1 aromatic heterocycles. The van der Waals surface area contributed by atoms with Gasteiger partial charge in [0, 0.05) is 17.5 Å². The lowest BCUT2D eigenvalue weighted by Crippen LogP contribution is -2.05. The molecule has 0 amide bonds. The van der Waals surface area contributed by atoms with Gasteiger partial charge in [-0.3, -0.25) is 0 Å². The van der Waals surface area contributed by atoms with Crippen LogP contribution in [0.2, 0.25) is 0 Å². The molecule has 0 aliphatic heterocycles. The van der Waals surface area contributed by atoms with Crippen molar-refractivity contribution in [3.63, 3.8) is 0 Å². The molecule has 0 aliphatic carbocycles. The maximum absolute atomic E-state index is 11.0. The van der Waals surface area contributed by atoms with Crippen molar-refractivity contribution in [2.45, 2.75) is 0 Å². The summed E-state index contributed by atoms with van der Waals surface area (Å²) in [4.78, 5) is 11.0. The van der Waals surface area contributed by atoms with Gasteiger partial charge in [0.2, 0.25) is 0 Å². The Hall–Kier alpha value is -1.82. The van der Waals surface area contributed by atoms with Crippen molar-refractivity contribution in [1.29, 1.82) is 0 Å². The third-order valence-corrected chi connectivity index (χ3v) is 2.34. The van der Waals surface area contributed by atoms with Crippen LogP contribution in [0.5, 0.6) is 5.75 Å². The molecule has 0 radical (unpaired) electrons. The molecule has 0 bridgehead atoms. The summed E-state index contributed by atoms with van der Waals surface area (Å²) in [6, 6.07) is 7.34. The van der Waals surface area contributed by atoms with Gasteiger partial charge in [-0.05, 0) is 18.2 Å². The molecule has 0 fully saturated rings. The smallest absolute Gasteiger partial charge is 0.336 e. The lowest BCUT2D eigenvalue weighted by atomic mass is 10.2. The van der Waals surface area contributed by atoms with Gasteiger partial charge >= 0.3 is 15.7 Å². The molecule has 0 saturated carbocycles. The molecule has 0 N–H and O–H groups in total. The van der Waals surface area contributed by atoms with Gasteiger partial charge in [-0.15, -0.1) is 0 Å². The van der Waals surface area contributed by atoms with E-state index < -0.39 is 15.7 Å². The van der Waals surface area contributed by atoms with E-state index in [1.165, 1.54) is 18.2 Å². The molecule has 2 aromatic rings. The van der Waals surface area contributed by atoms with E-state index in [9.17, 15) is 13.2 Å². The molecule has 1 aromatic carbocycles. The summed E-state index contributed by atoms with van der Waals surface area (Å²) in [5.74, 6) is 0.115. The minimum Gasteiger partial charge on any atom is -0.423 e. The van der Waals surface area contributed by atoms with Crippen LogP contribution >= 0.6 is 0 Å². The van der Waals surface area contributed by atoms with Crippen molar-refractivity contribution >= 4 is 21.1 Å². The summed E-state index contributed by atoms with van der Waals surface area (Å²) in [6.07, 6.45) is 0.943. The summed E-state index contributed by atoms with van der Waals surface area (Å²) in [6.45, 7) is 0. The molecule has 2 rings (SSSR count). The SMILES string of the molecule is CS(=O)(=O)Oc1ccc2ccc(=O)oc2c1. The largest absolute Gasteiger partial charge is 0.423 e. The first-order valence-electron chi connectivity index (χ1n) is 4.37. The first-order chi connectivity index (χ1) is 7.44. The lowest BCUT2D eigenvalue weighted by molar-refractivity contribution is 0.492. The molecule has 6 heteroatoms. The van der Waals surface area contributed by atoms with Gasteiger partial charge in [0.25, 0.3) is 0 Å². The highest BCUT2D eigenvalue weighted by molar-refractivity contribution is 7.86. The van der Waals surface area contributed by atoms with Gasteiger partial charge in [0.05, 0.1) is 6.26 Å². The van der Waals surface area contributed by atoms with Crippen molar-refractivity contribution in [3.05, 3.63) is 40.8 Å². The molecular formula is C10H8O5S. The maximum Gasteiger partial charge on any atom is 0.336 e. The van der Waals surface area contributed by atoms with Gasteiger partial charge in [0.15, 0.2) is 0 Å². The molecule has 0 aliphatic rings. The van der Waals surface area contributed by atoms with E-state index in [2.05, 4.69) is 4.18 Å². The van der Waals surface area contributed by atoms with E-state index >= 15 is 0 Å². The predicted molar refractivity (Wildman–Crippen MR) is 58.0 cm³/mol. The second-order valence-corrected chi connectivity index (χ2v) is 4.82. The van der Waals surface area contributed by atoms with Gasteiger partial charge in [-0.1, -0.05) is 0 Å². The minimum atomic E-state index is -3.58. The summed E-state index contributed by atoms with van der Waals surface area (Å²) in [5, 5.41) is 0.695. The predicted octanol–water partition coefficient (Wildman–Crippen LogP) is 1.13. The summed E-state index contributed by atoms with van der Waals surface area (Å²) >= 11 is 0. The van der Waals surface area contributed by atoms with E-state index in [1.54, 1.807) is 12.1 Å². The zero-order chi connectivity index (χ0) is 11.8. The number of rotatable bonds is 2. The fourth-order valence-electron chi connectivity index (χ4n) is 1.27. The molecule has 0 saturated heterocycles. The van der Waals surface area contributed by atoms with Crippen molar-refractivity contribution in [2.24, 2.45) is 0 Å². The Balaban J connectivity index is 2.55. The Morgan fingerprint density at radius 2 is 1.88 bits per heavy atom. The number of benzene rings is 1. The monoisotopic (exact) mass is 240 g/mol. The molecule has 0 atom stereocenters. The first-order valence-corrected chi connectivity index (χ1v) is 6.19. The molecular weight excluding hydrogens is 232 g/mol. The first kappa shape index (κ1) is 10.7. The fraction of sp³-hybridized carbons (Fsp3) is 0.100. The van der Waals surface area contributed by atoms with Crippen LogP contribution in [0.3, 0.4) is 0 Å². The average Bonchev–Trinajstić information content (AvgIpc) is 2.14. The zero-order valence-electron chi connectivity index (χ0n) is 8.34. The molecule has 5 nitrogen and oxygen atoms in total. The molecule has 0 spiro atoms. The van der Waals surface area contributed by atoms with Crippen LogP contribution < -0.4 is 9.81 Å². The molecule has 0 unspecified atom stereocenters. The highest BCUT2D eigenvalue weighted by Gasteiger charge is 2.06. The Morgan fingerprint density at radius 1 is 1.19 bits per heavy atom. The third kappa shape index (κ3) is 2.40. The van der Waals surface area contributed by atoms with Crippen molar-refractivity contribution in [3.8, 4) is 5.75 Å². The fourth-order valence-corrected chi connectivity index (χ4v) is 1.72. The Morgan fingerprint density at radius 3 is 2.56 bits per heavy atom. The lowest BCUT2D eigenvalue weighted by Gasteiger charge is -2.02. The minimum absolute atomic E-state index is 0.115. The van der Waals surface area contributed by atoms with Crippen LogP contribution in [0.1, 0.15) is 0 Å². The van der Waals surface area contributed by atoms with Crippen LogP contribution in [-0.4, -0.2) is 14.7 Å². The zero-order valence-corrected chi connectivity index (χ0v) is 9.15. The van der Waals surface area contributed by atoms with Crippen molar-refractivity contribution < 1.29 is 17.0 Å². The highest BCUT2D eigenvalue weighted by atomic mass is 32.2. The van der Waals surface area contributed by atoms with Gasteiger partial charge in [-0.25, -0.2) is 4.79 Å². The van der Waals surface area contributed by atoms with E-state index in [0.29, 0.717) is 5.39 Å². The quantitative estimate of drug-likeness (QED) is 0.581. The molecule has 1 heterocycles. The van der Waals surface area contributed by atoms with Gasteiger partial charge < -0.3 is 8.60 Å². The summed E-state index contributed by atoms with van der Waals surface area (Å²) in [5.41, 5.74) is -0.211. The van der Waals surface area contributed by atoms with Gasteiger partial charge in [-0.2, -0.15) is 8.42 Å². The third-order valence-electron chi connectivity index (χ3n) is 1.84. The van der Waals surface area contributed by atoms with Crippen molar-refractivity contribution in [1.82, 2.24) is 0 Å². The second-order valence-electron chi connectivity index (χ2n) is 3.24. The van der Waals surface area contributed by atoms with E-state index in [1.807, 2.05) is 0 Å². The standard InChI is InChI=1S/C10H8O5S/c1-16(12,13)15-8-4-2-7-3-5-10(11)14-9(7)6-8/h2-6H,1H3. The average molecular weight is 240 g/mol. The van der Waals surface area contributed by atoms with E-state index in [4.69, 9.17) is 4.42 Å². The Labute approximate surface area is 91.4 Å². The van der Waals surface area contributed by atoms with Gasteiger partial charge in [0.1, 0.15) is 11.3 Å². The molecule has 84 valence electrons. The normalized spacial score (nSPS) is 11.6. The van der Waals surface area contributed by atoms with Crippen LogP contribution in [0, 0.1) is 0 Å². The molecule has 16 heavy (non-hydrogen) atoms. The second kappa shape index (κ2) is 3.64. The number of hydrogen-bond donors (Lipinski definition) is 0. The highest BCUT2D eigenvalue weighted by Crippen LogP contribution is 2.20. The number of fused-ring (bicyclic) bond motifs is 1. The van der Waals surface area contributed by atoms with Crippen LogP contribution in [-0.2, 0) is 10.1 Å². The Kier molecular flexibility index (Phi) is 2.43. The number of hydrogen-bond acceptors (Lipinski definition) is 5. The van der Waals surface area contributed by atoms with E-state index in [0.717, 1.165) is 6.26 Å². The maximum atomic E-state index is 11.0. The van der Waals surface area contributed by atoms with Crippen molar-refractivity contribution in [2.75, 3.05) is 6.26 Å². The summed E-state index contributed by atoms with van der Waals surface area (Å²) < 4.78 is 31.3. The van der Waals surface area contributed by atoms with Crippen LogP contribution in [0.4, 0.5) is 0 Å². The van der Waals surface area contributed by atoms with E-state index in [-0.39, 0.29) is 11.3 Å².